The summed E-state index contributed by atoms with van der Waals surface area (Å²) in [5, 5.41) is 8.42. The van der Waals surface area contributed by atoms with Crippen LogP contribution in [0.1, 0.15) is 17.8 Å². The third-order valence-electron chi connectivity index (χ3n) is 1.82. The Morgan fingerprint density at radius 3 is 2.75 bits per heavy atom. The number of imidazole rings is 1. The van der Waals surface area contributed by atoms with Crippen molar-refractivity contribution in [3.63, 3.8) is 0 Å². The van der Waals surface area contributed by atoms with Gasteiger partial charge in [-0.25, -0.2) is 4.98 Å². The molecule has 1 heterocycles. The Balaban J connectivity index is 2.63. The Bertz CT molecular complexity index is 291. The van der Waals surface area contributed by atoms with E-state index < -0.39 is 5.97 Å². The van der Waals surface area contributed by atoms with Crippen molar-refractivity contribution >= 4 is 5.97 Å². The van der Waals surface area contributed by atoms with E-state index in [0.29, 0.717) is 6.54 Å². The maximum Gasteiger partial charge on any atom is 0.305 e. The van der Waals surface area contributed by atoms with Gasteiger partial charge in [0.2, 0.25) is 0 Å². The number of hydrogen-bond donors (Lipinski definition) is 1. The fraction of sp³-hybridized carbons (Fsp3) is 0.500. The predicted octanol–water partition coefficient (Wildman–Crippen LogP) is 0.775. The fourth-order valence-electron chi connectivity index (χ4n) is 0.912. The van der Waals surface area contributed by atoms with Crippen molar-refractivity contribution in [2.75, 3.05) is 0 Å². The van der Waals surface area contributed by atoms with Crippen LogP contribution in [0.3, 0.4) is 0 Å². The number of aryl methyl sites for hydroxylation is 2. The molecule has 1 aromatic heterocycles. The van der Waals surface area contributed by atoms with Gasteiger partial charge < -0.3 is 9.67 Å². The normalized spacial score (nSPS) is 10.2. The zero-order chi connectivity index (χ0) is 9.14. The summed E-state index contributed by atoms with van der Waals surface area (Å²) in [7, 11) is 0. The second-order valence-corrected chi connectivity index (χ2v) is 2.68. The number of hydrogen-bond acceptors (Lipinski definition) is 2. The van der Waals surface area contributed by atoms with Gasteiger partial charge in [-0.3, -0.25) is 4.79 Å². The highest BCUT2D eigenvalue weighted by Crippen LogP contribution is 2.03. The summed E-state index contributed by atoms with van der Waals surface area (Å²) in [6, 6.07) is 0. The van der Waals surface area contributed by atoms with Gasteiger partial charge in [-0.2, -0.15) is 0 Å². The Morgan fingerprint density at radius 2 is 2.33 bits per heavy atom. The highest BCUT2D eigenvalue weighted by molar-refractivity contribution is 5.66. The lowest BCUT2D eigenvalue weighted by Gasteiger charge is -2.00. The summed E-state index contributed by atoms with van der Waals surface area (Å²) in [6.07, 6.45) is 2.85. The maximum absolute atomic E-state index is 10.2. The van der Waals surface area contributed by atoms with Crippen molar-refractivity contribution in [2.45, 2.75) is 26.8 Å². The summed E-state index contributed by atoms with van der Waals surface area (Å²) in [4.78, 5) is 14.2. The Labute approximate surface area is 70.9 Å². The molecule has 65 valence electrons. The molecule has 0 saturated heterocycles. The first-order chi connectivity index (χ1) is 5.61. The van der Waals surface area contributed by atoms with Gasteiger partial charge in [-0.1, -0.05) is 0 Å². The molecule has 12 heavy (non-hydrogen) atoms. The van der Waals surface area contributed by atoms with Gasteiger partial charge in [0.25, 0.3) is 0 Å². The molecule has 0 bridgehead atoms. The van der Waals surface area contributed by atoms with Crippen molar-refractivity contribution < 1.29 is 9.90 Å². The molecule has 0 atom stereocenters. The molecule has 1 N–H and O–H groups in total. The molecule has 0 unspecified atom stereocenters. The van der Waals surface area contributed by atoms with Crippen molar-refractivity contribution in [3.05, 3.63) is 17.7 Å². The quantitative estimate of drug-likeness (QED) is 0.723. The van der Waals surface area contributed by atoms with E-state index in [-0.39, 0.29) is 6.42 Å². The molecule has 0 aromatic carbocycles. The predicted molar refractivity (Wildman–Crippen MR) is 42.8 cm³/mol. The van der Waals surface area contributed by atoms with E-state index in [1.165, 1.54) is 0 Å². The number of nitrogens with zero attached hydrogens (tertiary/aromatic N) is 2. The van der Waals surface area contributed by atoms with Crippen LogP contribution in [0, 0.1) is 20.2 Å². The van der Waals surface area contributed by atoms with Crippen LogP contribution >= 0.6 is 0 Å². The van der Waals surface area contributed by atoms with Gasteiger partial charge in [-0.15, -0.1) is 0 Å². The zero-order valence-corrected chi connectivity index (χ0v) is 7.16. The van der Waals surface area contributed by atoms with Crippen LogP contribution in [0.15, 0.2) is 0 Å². The maximum atomic E-state index is 10.2. The topological polar surface area (TPSA) is 55.1 Å². The SMILES string of the molecule is Cc1n[c]n(CCC(=O)O)c1C. The number of rotatable bonds is 3. The lowest BCUT2D eigenvalue weighted by molar-refractivity contribution is -0.137. The highest BCUT2D eigenvalue weighted by Gasteiger charge is 2.03. The van der Waals surface area contributed by atoms with E-state index >= 15 is 0 Å². The van der Waals surface area contributed by atoms with E-state index in [1.807, 2.05) is 13.8 Å². The second kappa shape index (κ2) is 3.38. The molecular weight excluding hydrogens is 156 g/mol. The molecular formula is C8H11N2O2. The van der Waals surface area contributed by atoms with E-state index in [9.17, 15) is 4.79 Å². The average molecular weight is 167 g/mol. The molecule has 0 aliphatic carbocycles. The second-order valence-electron chi connectivity index (χ2n) is 2.68. The summed E-state index contributed by atoms with van der Waals surface area (Å²) < 4.78 is 1.73. The van der Waals surface area contributed by atoms with Crippen LogP contribution in [0.4, 0.5) is 0 Å². The summed E-state index contributed by atoms with van der Waals surface area (Å²) >= 11 is 0. The molecule has 1 radical (unpaired) electrons. The number of aliphatic carboxylic acids is 1. The minimum absolute atomic E-state index is 0.118. The van der Waals surface area contributed by atoms with Crippen molar-refractivity contribution in [1.29, 1.82) is 0 Å². The minimum Gasteiger partial charge on any atom is -0.481 e. The molecule has 0 fully saturated rings. The van der Waals surface area contributed by atoms with Crippen molar-refractivity contribution in [2.24, 2.45) is 0 Å². The van der Waals surface area contributed by atoms with Gasteiger partial charge in [-0.05, 0) is 13.8 Å². The standard InChI is InChI=1S/C8H11N2O2/c1-6-7(2)10(5-9-6)4-3-8(11)12/h3-4H2,1-2H3,(H,11,12). The third kappa shape index (κ3) is 1.84. The Morgan fingerprint density at radius 1 is 1.67 bits per heavy atom. The zero-order valence-electron chi connectivity index (χ0n) is 7.16. The summed E-state index contributed by atoms with van der Waals surface area (Å²) in [5.74, 6) is -0.797. The summed E-state index contributed by atoms with van der Waals surface area (Å²) in [5.41, 5.74) is 1.89. The third-order valence-corrected chi connectivity index (χ3v) is 1.82. The van der Waals surface area contributed by atoms with Gasteiger partial charge in [0.05, 0.1) is 12.1 Å². The Kier molecular flexibility index (Phi) is 2.47. The monoisotopic (exact) mass is 167 g/mol. The van der Waals surface area contributed by atoms with Gasteiger partial charge in [0.1, 0.15) is 0 Å². The summed E-state index contributed by atoms with van der Waals surface area (Å²) in [6.45, 7) is 4.23. The van der Waals surface area contributed by atoms with Gasteiger partial charge >= 0.3 is 5.97 Å². The molecule has 0 saturated carbocycles. The number of carboxylic acids is 1. The minimum atomic E-state index is -0.797. The van der Waals surface area contributed by atoms with E-state index in [1.54, 1.807) is 4.57 Å². The largest absolute Gasteiger partial charge is 0.481 e. The Hall–Kier alpha value is -1.32. The molecule has 4 nitrogen and oxygen atoms in total. The van der Waals surface area contributed by atoms with Crippen LogP contribution in [0.25, 0.3) is 0 Å². The van der Waals surface area contributed by atoms with E-state index in [0.717, 1.165) is 11.4 Å². The first-order valence-corrected chi connectivity index (χ1v) is 3.74. The average Bonchev–Trinajstić information content (AvgIpc) is 2.30. The van der Waals surface area contributed by atoms with Gasteiger partial charge in [0.15, 0.2) is 6.33 Å². The van der Waals surface area contributed by atoms with E-state index in [4.69, 9.17) is 5.11 Å². The first kappa shape index (κ1) is 8.77. The van der Waals surface area contributed by atoms with Crippen LogP contribution in [-0.2, 0) is 11.3 Å². The van der Waals surface area contributed by atoms with Crippen molar-refractivity contribution in [3.8, 4) is 0 Å². The number of carboxylic acid groups (broad SMARTS) is 1. The molecule has 1 rings (SSSR count). The van der Waals surface area contributed by atoms with Crippen LogP contribution < -0.4 is 0 Å². The van der Waals surface area contributed by atoms with Crippen LogP contribution in [0.5, 0.6) is 0 Å². The number of aromatic nitrogens is 2. The van der Waals surface area contributed by atoms with E-state index in [2.05, 4.69) is 11.3 Å². The lowest BCUT2D eigenvalue weighted by atomic mass is 10.3. The molecule has 0 amide bonds. The molecule has 0 aliphatic rings. The molecule has 4 heteroatoms. The molecule has 0 spiro atoms. The smallest absolute Gasteiger partial charge is 0.305 e. The first-order valence-electron chi connectivity index (χ1n) is 3.74. The fourth-order valence-corrected chi connectivity index (χ4v) is 0.912. The number of carbonyl (C=O) groups is 1. The van der Waals surface area contributed by atoms with Crippen LogP contribution in [-0.4, -0.2) is 20.6 Å². The van der Waals surface area contributed by atoms with Crippen LogP contribution in [0.2, 0.25) is 0 Å². The van der Waals surface area contributed by atoms with Gasteiger partial charge in [0, 0.05) is 12.2 Å². The lowest BCUT2D eigenvalue weighted by Crippen LogP contribution is -2.05. The van der Waals surface area contributed by atoms with Crippen molar-refractivity contribution in [1.82, 2.24) is 9.55 Å². The highest BCUT2D eigenvalue weighted by atomic mass is 16.4. The molecule has 1 aromatic rings. The molecule has 0 aliphatic heterocycles.